The van der Waals surface area contributed by atoms with Gasteiger partial charge in [0.15, 0.2) is 5.01 Å². The number of aromatic nitrogens is 1. The van der Waals surface area contributed by atoms with Gasteiger partial charge in [-0.2, -0.15) is 5.26 Å². The number of carbonyl (C=O) groups excluding carboxylic acids is 1. The minimum Gasteiger partial charge on any atom is -0.326 e. The van der Waals surface area contributed by atoms with Crippen LogP contribution in [0.3, 0.4) is 0 Å². The van der Waals surface area contributed by atoms with E-state index < -0.39 is 0 Å². The van der Waals surface area contributed by atoms with E-state index in [9.17, 15) is 4.79 Å². The van der Waals surface area contributed by atoms with Gasteiger partial charge in [0, 0.05) is 12.6 Å². The summed E-state index contributed by atoms with van der Waals surface area (Å²) in [5.74, 6) is -0.112. The highest BCUT2D eigenvalue weighted by atomic mass is 32.1. The molecule has 1 N–H and O–H groups in total. The lowest BCUT2D eigenvalue weighted by Crippen LogP contribution is -2.05. The largest absolute Gasteiger partial charge is 0.326 e. The Morgan fingerprint density at radius 2 is 2.40 bits per heavy atom. The van der Waals surface area contributed by atoms with Gasteiger partial charge in [0.05, 0.1) is 10.2 Å². The summed E-state index contributed by atoms with van der Waals surface area (Å²) in [7, 11) is 0. The van der Waals surface area contributed by atoms with E-state index in [0.29, 0.717) is 5.01 Å². The summed E-state index contributed by atoms with van der Waals surface area (Å²) in [6.07, 6.45) is 0. The normalized spacial score (nSPS) is 9.87. The number of hydrogen-bond acceptors (Lipinski definition) is 4. The van der Waals surface area contributed by atoms with E-state index in [2.05, 4.69) is 10.3 Å². The average molecular weight is 217 g/mol. The van der Waals surface area contributed by atoms with Crippen molar-refractivity contribution in [2.24, 2.45) is 0 Å². The average Bonchev–Trinajstić information content (AvgIpc) is 2.58. The molecule has 1 aromatic carbocycles. The Labute approximate surface area is 90.2 Å². The third-order valence-corrected chi connectivity index (χ3v) is 2.73. The number of nitriles is 1. The zero-order valence-electron chi connectivity index (χ0n) is 7.94. The van der Waals surface area contributed by atoms with Gasteiger partial charge in [-0.15, -0.1) is 11.3 Å². The number of hydrogen-bond donors (Lipinski definition) is 1. The quantitative estimate of drug-likeness (QED) is 0.795. The van der Waals surface area contributed by atoms with Crippen molar-refractivity contribution < 1.29 is 4.79 Å². The molecule has 0 saturated carbocycles. The molecule has 0 aliphatic carbocycles. The second-order valence-electron chi connectivity index (χ2n) is 2.99. The lowest BCUT2D eigenvalue weighted by Gasteiger charge is -1.99. The van der Waals surface area contributed by atoms with E-state index in [0.717, 1.165) is 15.9 Å². The molecule has 1 heterocycles. The van der Waals surface area contributed by atoms with Crippen molar-refractivity contribution >= 4 is 33.1 Å². The maximum Gasteiger partial charge on any atom is 0.221 e. The van der Waals surface area contributed by atoms with Crippen LogP contribution in [0.25, 0.3) is 10.2 Å². The SMILES string of the molecule is CC(=O)Nc1ccc2nc(C#N)sc2c1. The molecular formula is C10H7N3OS. The number of benzene rings is 1. The highest BCUT2D eigenvalue weighted by molar-refractivity contribution is 7.19. The van der Waals surface area contributed by atoms with Crippen LogP contribution < -0.4 is 5.32 Å². The predicted octanol–water partition coefficient (Wildman–Crippen LogP) is 2.13. The third kappa shape index (κ3) is 1.95. The molecule has 4 nitrogen and oxygen atoms in total. The molecule has 0 fully saturated rings. The Morgan fingerprint density at radius 1 is 1.60 bits per heavy atom. The smallest absolute Gasteiger partial charge is 0.221 e. The second kappa shape index (κ2) is 3.67. The first kappa shape index (κ1) is 9.62. The van der Waals surface area contributed by atoms with Crippen molar-refractivity contribution in [3.63, 3.8) is 0 Å². The molecule has 0 unspecified atom stereocenters. The molecule has 2 aromatic rings. The summed E-state index contributed by atoms with van der Waals surface area (Å²) in [5, 5.41) is 11.8. The lowest BCUT2D eigenvalue weighted by atomic mass is 10.3. The van der Waals surface area contributed by atoms with E-state index in [-0.39, 0.29) is 5.91 Å². The van der Waals surface area contributed by atoms with Crippen molar-refractivity contribution in [1.29, 1.82) is 5.26 Å². The minimum atomic E-state index is -0.112. The van der Waals surface area contributed by atoms with Crippen LogP contribution in [0.1, 0.15) is 11.9 Å². The van der Waals surface area contributed by atoms with E-state index >= 15 is 0 Å². The Bertz CT molecular complexity index is 568. The van der Waals surface area contributed by atoms with E-state index in [4.69, 9.17) is 5.26 Å². The molecule has 0 atom stereocenters. The topological polar surface area (TPSA) is 65.8 Å². The summed E-state index contributed by atoms with van der Waals surface area (Å²) in [6, 6.07) is 7.37. The van der Waals surface area contributed by atoms with Crippen LogP contribution in [0, 0.1) is 11.3 Å². The van der Waals surface area contributed by atoms with Crippen molar-refractivity contribution in [1.82, 2.24) is 4.98 Å². The molecule has 0 radical (unpaired) electrons. The number of fused-ring (bicyclic) bond motifs is 1. The van der Waals surface area contributed by atoms with E-state index in [1.54, 1.807) is 12.1 Å². The Morgan fingerprint density at radius 3 is 3.07 bits per heavy atom. The first-order valence-electron chi connectivity index (χ1n) is 4.27. The van der Waals surface area contributed by atoms with E-state index in [1.807, 2.05) is 12.1 Å². The molecule has 0 aliphatic heterocycles. The minimum absolute atomic E-state index is 0.112. The predicted molar refractivity (Wildman–Crippen MR) is 58.6 cm³/mol. The fraction of sp³-hybridized carbons (Fsp3) is 0.100. The Kier molecular flexibility index (Phi) is 2.35. The van der Waals surface area contributed by atoms with Gasteiger partial charge in [-0.05, 0) is 18.2 Å². The van der Waals surface area contributed by atoms with Gasteiger partial charge in [0.2, 0.25) is 5.91 Å². The van der Waals surface area contributed by atoms with Gasteiger partial charge in [0.1, 0.15) is 6.07 Å². The maximum atomic E-state index is 10.8. The molecule has 0 bridgehead atoms. The molecule has 1 amide bonds. The summed E-state index contributed by atoms with van der Waals surface area (Å²) >= 11 is 1.31. The van der Waals surface area contributed by atoms with Crippen LogP contribution in [-0.4, -0.2) is 10.9 Å². The molecule has 0 spiro atoms. The van der Waals surface area contributed by atoms with Crippen LogP contribution in [0.4, 0.5) is 5.69 Å². The van der Waals surface area contributed by atoms with Crippen molar-refractivity contribution in [2.45, 2.75) is 6.92 Å². The first-order valence-corrected chi connectivity index (χ1v) is 5.09. The number of thiazole rings is 1. The Hall–Kier alpha value is -1.93. The van der Waals surface area contributed by atoms with Gasteiger partial charge < -0.3 is 5.32 Å². The van der Waals surface area contributed by atoms with Crippen molar-refractivity contribution in [3.8, 4) is 6.07 Å². The highest BCUT2D eigenvalue weighted by Crippen LogP contribution is 2.24. The fourth-order valence-corrected chi connectivity index (χ4v) is 2.06. The molecule has 2 rings (SSSR count). The summed E-state index contributed by atoms with van der Waals surface area (Å²) in [4.78, 5) is 14.9. The molecule has 74 valence electrons. The van der Waals surface area contributed by atoms with Crippen LogP contribution in [0.2, 0.25) is 0 Å². The fourth-order valence-electron chi connectivity index (χ4n) is 1.25. The molecule has 0 saturated heterocycles. The summed E-state index contributed by atoms with van der Waals surface area (Å²) in [6.45, 7) is 1.46. The third-order valence-electron chi connectivity index (χ3n) is 1.80. The molecule has 15 heavy (non-hydrogen) atoms. The Balaban J connectivity index is 2.47. The van der Waals surface area contributed by atoms with Gasteiger partial charge >= 0.3 is 0 Å². The number of anilines is 1. The highest BCUT2D eigenvalue weighted by Gasteiger charge is 2.04. The van der Waals surface area contributed by atoms with Crippen LogP contribution >= 0.6 is 11.3 Å². The van der Waals surface area contributed by atoms with Crippen LogP contribution in [-0.2, 0) is 4.79 Å². The second-order valence-corrected chi connectivity index (χ2v) is 4.03. The van der Waals surface area contributed by atoms with Crippen LogP contribution in [0.5, 0.6) is 0 Å². The zero-order chi connectivity index (χ0) is 10.8. The maximum absolute atomic E-state index is 10.8. The number of nitrogens with zero attached hydrogens (tertiary/aromatic N) is 2. The standard InChI is InChI=1S/C10H7N3OS/c1-6(14)12-7-2-3-8-9(4-7)15-10(5-11)13-8/h2-4H,1H3,(H,12,14). The van der Waals surface area contributed by atoms with Gasteiger partial charge in [-0.1, -0.05) is 0 Å². The number of amides is 1. The monoisotopic (exact) mass is 217 g/mol. The number of nitrogens with one attached hydrogen (secondary N) is 1. The molecule has 1 aromatic heterocycles. The zero-order valence-corrected chi connectivity index (χ0v) is 8.76. The summed E-state index contributed by atoms with van der Waals surface area (Å²) in [5.41, 5.74) is 1.51. The lowest BCUT2D eigenvalue weighted by molar-refractivity contribution is -0.114. The van der Waals surface area contributed by atoms with Gasteiger partial charge in [0.25, 0.3) is 0 Å². The van der Waals surface area contributed by atoms with Gasteiger partial charge in [-0.25, -0.2) is 4.98 Å². The number of carbonyl (C=O) groups is 1. The molecular weight excluding hydrogens is 210 g/mol. The van der Waals surface area contributed by atoms with Gasteiger partial charge in [-0.3, -0.25) is 4.79 Å². The summed E-state index contributed by atoms with van der Waals surface area (Å²) < 4.78 is 0.901. The molecule has 5 heteroatoms. The van der Waals surface area contributed by atoms with E-state index in [1.165, 1.54) is 18.3 Å². The van der Waals surface area contributed by atoms with Crippen LogP contribution in [0.15, 0.2) is 18.2 Å². The first-order chi connectivity index (χ1) is 7.19. The van der Waals surface area contributed by atoms with Crippen molar-refractivity contribution in [3.05, 3.63) is 23.2 Å². The molecule has 0 aliphatic rings. The number of rotatable bonds is 1. The van der Waals surface area contributed by atoms with Crippen molar-refractivity contribution in [2.75, 3.05) is 5.32 Å².